The van der Waals surface area contributed by atoms with Crippen LogP contribution in [0.1, 0.15) is 17.5 Å². The van der Waals surface area contributed by atoms with Gasteiger partial charge in [-0.15, -0.1) is 0 Å². The number of hydrogen-bond acceptors (Lipinski definition) is 4. The van der Waals surface area contributed by atoms with Crippen LogP contribution in [0.5, 0.6) is 0 Å². The van der Waals surface area contributed by atoms with Crippen LogP contribution in [0.15, 0.2) is 59.9 Å². The Bertz CT molecular complexity index is 542. The van der Waals surface area contributed by atoms with Gasteiger partial charge in [-0.1, -0.05) is 42.1 Å². The van der Waals surface area contributed by atoms with E-state index >= 15 is 0 Å². The molecule has 0 N–H and O–H groups in total. The summed E-state index contributed by atoms with van der Waals surface area (Å²) in [5.74, 6) is 1.17. The van der Waals surface area contributed by atoms with Crippen molar-refractivity contribution in [2.45, 2.75) is 19.5 Å². The van der Waals surface area contributed by atoms with Gasteiger partial charge >= 0.3 is 0 Å². The van der Waals surface area contributed by atoms with Crippen LogP contribution in [-0.4, -0.2) is 27.3 Å². The van der Waals surface area contributed by atoms with E-state index in [9.17, 15) is 0 Å². The van der Waals surface area contributed by atoms with Crippen molar-refractivity contribution in [1.82, 2.24) is 9.88 Å². The van der Waals surface area contributed by atoms with Crippen molar-refractivity contribution in [2.75, 3.05) is 12.3 Å². The Kier molecular flexibility index (Phi) is 4.90. The highest BCUT2D eigenvalue weighted by molar-refractivity contribution is 8.13. The number of aliphatic imine (C=N–C) groups is 1. The first-order chi connectivity index (χ1) is 10.4. The number of aromatic nitrogens is 1. The van der Waals surface area contributed by atoms with Gasteiger partial charge in [-0.05, 0) is 29.7 Å². The highest BCUT2D eigenvalue weighted by Crippen LogP contribution is 2.20. The van der Waals surface area contributed by atoms with Gasteiger partial charge in [0.1, 0.15) is 0 Å². The molecular weight excluding hydrogens is 278 g/mol. The summed E-state index contributed by atoms with van der Waals surface area (Å²) in [6.07, 6.45) is 4.89. The number of nitrogens with zero attached hydrogens (tertiary/aromatic N) is 3. The zero-order valence-corrected chi connectivity index (χ0v) is 12.8. The number of benzene rings is 1. The fourth-order valence-electron chi connectivity index (χ4n) is 2.34. The van der Waals surface area contributed by atoms with E-state index in [1.54, 1.807) is 0 Å². The first-order valence-corrected chi connectivity index (χ1v) is 8.25. The monoisotopic (exact) mass is 297 g/mol. The predicted molar refractivity (Wildman–Crippen MR) is 89.3 cm³/mol. The van der Waals surface area contributed by atoms with E-state index in [4.69, 9.17) is 4.99 Å². The summed E-state index contributed by atoms with van der Waals surface area (Å²) >= 11 is 1.87. The molecule has 0 aliphatic carbocycles. The first-order valence-electron chi connectivity index (χ1n) is 7.27. The zero-order valence-electron chi connectivity index (χ0n) is 12.0. The highest BCUT2D eigenvalue weighted by atomic mass is 32.2. The van der Waals surface area contributed by atoms with Crippen molar-refractivity contribution in [2.24, 2.45) is 4.99 Å². The maximum atomic E-state index is 4.71. The highest BCUT2D eigenvalue weighted by Gasteiger charge is 2.15. The third kappa shape index (κ3) is 4.08. The average Bonchev–Trinajstić information content (AvgIpc) is 2.57. The van der Waals surface area contributed by atoms with Gasteiger partial charge in [0, 0.05) is 37.8 Å². The van der Waals surface area contributed by atoms with E-state index in [1.165, 1.54) is 28.5 Å². The maximum absolute atomic E-state index is 4.71. The summed E-state index contributed by atoms with van der Waals surface area (Å²) in [7, 11) is 0. The van der Waals surface area contributed by atoms with Crippen LogP contribution in [0.3, 0.4) is 0 Å². The Hall–Kier alpha value is -1.81. The Labute approximate surface area is 130 Å². The van der Waals surface area contributed by atoms with Crippen molar-refractivity contribution in [3.05, 3.63) is 66.0 Å². The molecule has 0 fully saturated rings. The molecule has 2 heterocycles. The molecule has 0 saturated heterocycles. The fraction of sp³-hybridized carbons (Fsp3) is 0.294. The molecule has 2 aromatic rings. The van der Waals surface area contributed by atoms with Gasteiger partial charge in [-0.2, -0.15) is 0 Å². The van der Waals surface area contributed by atoms with Gasteiger partial charge in [0.15, 0.2) is 5.17 Å². The van der Waals surface area contributed by atoms with Crippen LogP contribution < -0.4 is 0 Å². The van der Waals surface area contributed by atoms with Gasteiger partial charge in [-0.3, -0.25) is 9.98 Å². The van der Waals surface area contributed by atoms with E-state index in [1.807, 2.05) is 24.2 Å². The molecule has 0 unspecified atom stereocenters. The Balaban J connectivity index is 1.79. The topological polar surface area (TPSA) is 28.5 Å². The molecule has 1 aromatic carbocycles. The van der Waals surface area contributed by atoms with E-state index < -0.39 is 0 Å². The molecule has 4 heteroatoms. The predicted octanol–water partition coefficient (Wildman–Crippen LogP) is 3.58. The van der Waals surface area contributed by atoms with Crippen LogP contribution in [0.4, 0.5) is 0 Å². The normalized spacial score (nSPS) is 14.6. The SMILES string of the molecule is c1ccc(CN(Cc2ccncc2)C2=NCCCS2)cc1. The smallest absolute Gasteiger partial charge is 0.159 e. The number of thioether (sulfide) groups is 1. The molecule has 0 radical (unpaired) electrons. The Morgan fingerprint density at radius 2 is 1.67 bits per heavy atom. The second-order valence-corrected chi connectivity index (χ2v) is 6.13. The summed E-state index contributed by atoms with van der Waals surface area (Å²) < 4.78 is 0. The van der Waals surface area contributed by atoms with Crippen LogP contribution in [0.25, 0.3) is 0 Å². The number of pyridine rings is 1. The summed E-state index contributed by atoms with van der Waals surface area (Å²) in [6, 6.07) is 14.7. The first kappa shape index (κ1) is 14.1. The summed E-state index contributed by atoms with van der Waals surface area (Å²) in [5.41, 5.74) is 2.59. The van der Waals surface area contributed by atoms with E-state index in [-0.39, 0.29) is 0 Å². The molecule has 3 rings (SSSR count). The van der Waals surface area contributed by atoms with Crippen LogP contribution in [0, 0.1) is 0 Å². The average molecular weight is 297 g/mol. The summed E-state index contributed by atoms with van der Waals surface area (Å²) in [5, 5.41) is 1.17. The quantitative estimate of drug-likeness (QED) is 0.863. The van der Waals surface area contributed by atoms with E-state index in [0.29, 0.717) is 0 Å². The molecule has 0 amide bonds. The Morgan fingerprint density at radius 3 is 2.33 bits per heavy atom. The van der Waals surface area contributed by atoms with Crippen LogP contribution in [-0.2, 0) is 13.1 Å². The summed E-state index contributed by atoms with van der Waals surface area (Å²) in [6.45, 7) is 2.72. The van der Waals surface area contributed by atoms with E-state index in [0.717, 1.165) is 19.6 Å². The van der Waals surface area contributed by atoms with Gasteiger partial charge in [0.25, 0.3) is 0 Å². The lowest BCUT2D eigenvalue weighted by Crippen LogP contribution is -2.30. The summed E-state index contributed by atoms with van der Waals surface area (Å²) in [4.78, 5) is 11.2. The van der Waals surface area contributed by atoms with E-state index in [2.05, 4.69) is 52.3 Å². The third-order valence-electron chi connectivity index (χ3n) is 3.39. The molecular formula is C17H19N3S. The maximum Gasteiger partial charge on any atom is 0.159 e. The molecule has 0 saturated carbocycles. The van der Waals surface area contributed by atoms with Gasteiger partial charge in [0.2, 0.25) is 0 Å². The molecule has 0 atom stereocenters. The lowest BCUT2D eigenvalue weighted by Gasteiger charge is -2.27. The molecule has 1 aliphatic heterocycles. The van der Waals surface area contributed by atoms with Gasteiger partial charge in [0.05, 0.1) is 0 Å². The largest absolute Gasteiger partial charge is 0.343 e. The minimum absolute atomic E-state index is 0.878. The minimum atomic E-state index is 0.878. The lowest BCUT2D eigenvalue weighted by molar-refractivity contribution is 0.412. The standard InChI is InChI=1S/C17H19N3S/c1-2-5-15(6-3-1)13-20(17-19-9-4-12-21-17)14-16-7-10-18-11-8-16/h1-3,5-8,10-11H,4,9,12-14H2. The van der Waals surface area contributed by atoms with Gasteiger partial charge < -0.3 is 4.90 Å². The zero-order chi connectivity index (χ0) is 14.3. The molecule has 3 nitrogen and oxygen atoms in total. The molecule has 108 valence electrons. The molecule has 1 aliphatic rings. The number of hydrogen-bond donors (Lipinski definition) is 0. The Morgan fingerprint density at radius 1 is 0.952 bits per heavy atom. The van der Waals surface area contributed by atoms with Crippen molar-refractivity contribution >= 4 is 16.9 Å². The molecule has 0 bridgehead atoms. The van der Waals surface area contributed by atoms with Crippen LogP contribution >= 0.6 is 11.8 Å². The van der Waals surface area contributed by atoms with Gasteiger partial charge in [-0.25, -0.2) is 0 Å². The molecule has 0 spiro atoms. The third-order valence-corrected chi connectivity index (χ3v) is 4.53. The number of amidine groups is 1. The lowest BCUT2D eigenvalue weighted by atomic mass is 10.2. The second kappa shape index (κ2) is 7.27. The van der Waals surface area contributed by atoms with Crippen molar-refractivity contribution in [1.29, 1.82) is 0 Å². The van der Waals surface area contributed by atoms with Crippen molar-refractivity contribution in [3.63, 3.8) is 0 Å². The van der Waals surface area contributed by atoms with Crippen LogP contribution in [0.2, 0.25) is 0 Å². The minimum Gasteiger partial charge on any atom is -0.343 e. The van der Waals surface area contributed by atoms with Crippen molar-refractivity contribution < 1.29 is 0 Å². The second-order valence-electron chi connectivity index (χ2n) is 5.06. The molecule has 21 heavy (non-hydrogen) atoms. The molecule has 1 aromatic heterocycles. The number of rotatable bonds is 4. The van der Waals surface area contributed by atoms with Crippen molar-refractivity contribution in [3.8, 4) is 0 Å². The fourth-order valence-corrected chi connectivity index (χ4v) is 3.29.